The maximum atomic E-state index is 13.1. The van der Waals surface area contributed by atoms with Crippen molar-refractivity contribution >= 4 is 29.0 Å². The average molecular weight is 415 g/mol. The van der Waals surface area contributed by atoms with Crippen LogP contribution >= 0.6 is 11.3 Å². The van der Waals surface area contributed by atoms with Crippen molar-refractivity contribution in [2.75, 3.05) is 20.3 Å². The number of rotatable bonds is 8. The van der Waals surface area contributed by atoms with Crippen LogP contribution in [0.3, 0.4) is 0 Å². The van der Waals surface area contributed by atoms with Crippen LogP contribution in [0.4, 0.5) is 0 Å². The molecule has 0 saturated heterocycles. The molecule has 29 heavy (non-hydrogen) atoms. The van der Waals surface area contributed by atoms with E-state index in [0.717, 1.165) is 0 Å². The summed E-state index contributed by atoms with van der Waals surface area (Å²) in [6, 6.07) is 9.21. The van der Waals surface area contributed by atoms with Gasteiger partial charge in [0.2, 0.25) is 5.78 Å². The molecule has 3 rings (SSSR count). The van der Waals surface area contributed by atoms with Crippen LogP contribution in [0, 0.1) is 0 Å². The van der Waals surface area contributed by atoms with E-state index in [1.54, 1.807) is 48.9 Å². The third-order valence-electron chi connectivity index (χ3n) is 4.50. The summed E-state index contributed by atoms with van der Waals surface area (Å²) in [7, 11) is 1.57. The van der Waals surface area contributed by atoms with Crippen LogP contribution in [0.1, 0.15) is 34.6 Å². The number of benzene rings is 1. The predicted molar refractivity (Wildman–Crippen MR) is 107 cm³/mol. The van der Waals surface area contributed by atoms with Crippen molar-refractivity contribution < 1.29 is 29.0 Å². The number of ketones is 1. The molecular formula is C21H21NO6S. The Morgan fingerprint density at radius 2 is 1.93 bits per heavy atom. The standard InChI is InChI=1S/C21H21NO6S/c1-13(23)28-15-8-6-14(7-9-15)18-17(19(24)16-5-3-12-29-16)20(25)21(26)22(18)10-4-11-27-2/h3,5-9,12,18,25H,4,10-11H2,1-2H3. The lowest BCUT2D eigenvalue weighted by atomic mass is 9.95. The molecule has 1 atom stereocenters. The number of carbonyl (C=O) groups excluding carboxylic acids is 3. The van der Waals surface area contributed by atoms with Gasteiger partial charge in [-0.1, -0.05) is 18.2 Å². The minimum absolute atomic E-state index is 0.0510. The van der Waals surface area contributed by atoms with Gasteiger partial charge in [0.1, 0.15) is 5.75 Å². The molecule has 1 aliphatic heterocycles. The molecule has 1 amide bonds. The van der Waals surface area contributed by atoms with Gasteiger partial charge < -0.3 is 19.5 Å². The number of amides is 1. The zero-order valence-corrected chi connectivity index (χ0v) is 16.9. The van der Waals surface area contributed by atoms with Gasteiger partial charge in [0.05, 0.1) is 16.5 Å². The summed E-state index contributed by atoms with van der Waals surface area (Å²) in [5.74, 6) is -1.59. The van der Waals surface area contributed by atoms with Crippen molar-refractivity contribution in [3.8, 4) is 5.75 Å². The molecule has 2 aromatic rings. The molecule has 2 heterocycles. The van der Waals surface area contributed by atoms with E-state index in [4.69, 9.17) is 9.47 Å². The topological polar surface area (TPSA) is 93.1 Å². The van der Waals surface area contributed by atoms with Gasteiger partial charge in [0, 0.05) is 27.2 Å². The van der Waals surface area contributed by atoms with Crippen LogP contribution in [-0.2, 0) is 14.3 Å². The Balaban J connectivity index is 1.99. The van der Waals surface area contributed by atoms with Crippen molar-refractivity contribution in [3.05, 3.63) is 63.6 Å². The number of aliphatic hydroxyl groups excluding tert-OH is 1. The first-order chi connectivity index (χ1) is 13.9. The second-order valence-electron chi connectivity index (χ2n) is 6.48. The van der Waals surface area contributed by atoms with Gasteiger partial charge >= 0.3 is 5.97 Å². The van der Waals surface area contributed by atoms with E-state index in [1.165, 1.54) is 23.2 Å². The van der Waals surface area contributed by atoms with Gasteiger partial charge in [0.25, 0.3) is 5.91 Å². The molecule has 0 radical (unpaired) electrons. The molecule has 1 aromatic heterocycles. The number of aliphatic hydroxyl groups is 1. The first-order valence-corrected chi connectivity index (χ1v) is 9.91. The van der Waals surface area contributed by atoms with E-state index in [9.17, 15) is 19.5 Å². The molecule has 1 aliphatic rings. The van der Waals surface area contributed by atoms with Crippen LogP contribution in [0.15, 0.2) is 53.1 Å². The zero-order chi connectivity index (χ0) is 21.0. The Bertz CT molecular complexity index is 933. The minimum Gasteiger partial charge on any atom is -0.503 e. The van der Waals surface area contributed by atoms with E-state index in [0.29, 0.717) is 35.8 Å². The molecule has 0 aliphatic carbocycles. The predicted octanol–water partition coefficient (Wildman–Crippen LogP) is 3.29. The van der Waals surface area contributed by atoms with Crippen LogP contribution in [0.25, 0.3) is 0 Å². The van der Waals surface area contributed by atoms with Gasteiger partial charge in [-0.15, -0.1) is 11.3 Å². The minimum atomic E-state index is -0.736. The zero-order valence-electron chi connectivity index (χ0n) is 16.1. The molecule has 1 N–H and O–H groups in total. The molecule has 7 nitrogen and oxygen atoms in total. The monoisotopic (exact) mass is 415 g/mol. The summed E-state index contributed by atoms with van der Waals surface area (Å²) < 4.78 is 10.1. The highest BCUT2D eigenvalue weighted by Crippen LogP contribution is 2.40. The van der Waals surface area contributed by atoms with Crippen LogP contribution in [0.2, 0.25) is 0 Å². The number of nitrogens with zero attached hydrogens (tertiary/aromatic N) is 1. The maximum Gasteiger partial charge on any atom is 0.308 e. The molecule has 1 aromatic carbocycles. The Kier molecular flexibility index (Phi) is 6.46. The van der Waals surface area contributed by atoms with Crippen molar-refractivity contribution in [1.82, 2.24) is 4.90 Å². The number of hydrogen-bond donors (Lipinski definition) is 1. The molecule has 1 unspecified atom stereocenters. The summed E-state index contributed by atoms with van der Waals surface area (Å²) in [6.07, 6.45) is 0.554. The van der Waals surface area contributed by atoms with E-state index in [2.05, 4.69) is 0 Å². The quantitative estimate of drug-likeness (QED) is 0.308. The second-order valence-corrected chi connectivity index (χ2v) is 7.43. The van der Waals surface area contributed by atoms with Crippen molar-refractivity contribution in [2.45, 2.75) is 19.4 Å². The number of hydrogen-bond acceptors (Lipinski definition) is 7. The highest BCUT2D eigenvalue weighted by atomic mass is 32.1. The van der Waals surface area contributed by atoms with E-state index in [-0.39, 0.29) is 11.4 Å². The number of esters is 1. The summed E-state index contributed by atoms with van der Waals surface area (Å²) in [4.78, 5) is 38.8. The fourth-order valence-electron chi connectivity index (χ4n) is 3.27. The summed E-state index contributed by atoms with van der Waals surface area (Å²) in [5, 5.41) is 12.3. The molecule has 0 spiro atoms. The molecule has 0 saturated carbocycles. The lowest BCUT2D eigenvalue weighted by Crippen LogP contribution is -2.32. The van der Waals surface area contributed by atoms with Crippen LogP contribution < -0.4 is 4.74 Å². The Morgan fingerprint density at radius 3 is 2.52 bits per heavy atom. The van der Waals surface area contributed by atoms with Gasteiger partial charge in [-0.25, -0.2) is 0 Å². The highest BCUT2D eigenvalue weighted by Gasteiger charge is 2.43. The Labute approximate surface area is 172 Å². The Morgan fingerprint density at radius 1 is 1.21 bits per heavy atom. The average Bonchev–Trinajstić information content (AvgIpc) is 3.31. The van der Waals surface area contributed by atoms with E-state index >= 15 is 0 Å². The summed E-state index contributed by atoms with van der Waals surface area (Å²) >= 11 is 1.25. The van der Waals surface area contributed by atoms with Gasteiger partial charge in [-0.05, 0) is 35.6 Å². The molecular weight excluding hydrogens is 394 g/mol. The number of thiophene rings is 1. The lowest BCUT2D eigenvalue weighted by Gasteiger charge is -2.26. The summed E-state index contributed by atoms with van der Waals surface area (Å²) in [6.45, 7) is 2.06. The van der Waals surface area contributed by atoms with E-state index < -0.39 is 23.7 Å². The third kappa shape index (κ3) is 4.38. The van der Waals surface area contributed by atoms with Crippen molar-refractivity contribution in [2.24, 2.45) is 0 Å². The first kappa shape index (κ1) is 20.8. The first-order valence-electron chi connectivity index (χ1n) is 9.03. The number of methoxy groups -OCH3 is 1. The highest BCUT2D eigenvalue weighted by molar-refractivity contribution is 7.12. The smallest absolute Gasteiger partial charge is 0.308 e. The van der Waals surface area contributed by atoms with Gasteiger partial charge in [0.15, 0.2) is 5.76 Å². The largest absolute Gasteiger partial charge is 0.503 e. The van der Waals surface area contributed by atoms with Gasteiger partial charge in [-0.3, -0.25) is 14.4 Å². The molecule has 152 valence electrons. The molecule has 0 bridgehead atoms. The van der Waals surface area contributed by atoms with Crippen molar-refractivity contribution in [3.63, 3.8) is 0 Å². The number of carbonyl (C=O) groups is 3. The van der Waals surface area contributed by atoms with Crippen LogP contribution in [0.5, 0.6) is 5.75 Å². The second kappa shape index (κ2) is 9.02. The number of ether oxygens (including phenoxy) is 2. The Hall–Kier alpha value is -2.97. The van der Waals surface area contributed by atoms with Crippen LogP contribution in [-0.4, -0.2) is 47.9 Å². The van der Waals surface area contributed by atoms with Gasteiger partial charge in [-0.2, -0.15) is 0 Å². The molecule has 0 fully saturated rings. The normalized spacial score (nSPS) is 16.4. The van der Waals surface area contributed by atoms with E-state index in [1.807, 2.05) is 0 Å². The maximum absolute atomic E-state index is 13.1. The van der Waals surface area contributed by atoms with Crippen molar-refractivity contribution in [1.29, 1.82) is 0 Å². The summed E-state index contributed by atoms with van der Waals surface area (Å²) in [5.41, 5.74) is 0.686. The fourth-order valence-corrected chi connectivity index (χ4v) is 3.94. The molecule has 8 heteroatoms. The number of Topliss-reactive ketones (excluding diaryl/α,β-unsaturated/α-hetero) is 1. The fraction of sp³-hybridized carbons (Fsp3) is 0.286. The SMILES string of the molecule is COCCCN1C(=O)C(O)=C(C(=O)c2cccs2)C1c1ccc(OC(C)=O)cc1. The lowest BCUT2D eigenvalue weighted by molar-refractivity contribution is -0.132. The third-order valence-corrected chi connectivity index (χ3v) is 5.37.